The van der Waals surface area contributed by atoms with E-state index >= 15 is 0 Å². The van der Waals surface area contributed by atoms with Crippen LogP contribution in [0.2, 0.25) is 0 Å². The molecule has 0 radical (unpaired) electrons. The lowest BCUT2D eigenvalue weighted by Crippen LogP contribution is -2.16. The number of aryl methyl sites for hydroxylation is 4. The lowest BCUT2D eigenvalue weighted by atomic mass is 10.0. The summed E-state index contributed by atoms with van der Waals surface area (Å²) in [6.07, 6.45) is 1.14. The van der Waals surface area contributed by atoms with Crippen molar-refractivity contribution in [3.05, 3.63) is 92.4 Å². The zero-order valence-electron chi connectivity index (χ0n) is 17.9. The molecule has 30 heavy (non-hydrogen) atoms. The van der Waals surface area contributed by atoms with Crippen LogP contribution in [0.4, 0.5) is 5.69 Å². The molecule has 0 aliphatic rings. The average molecular weight is 415 g/mol. The van der Waals surface area contributed by atoms with Crippen LogP contribution in [0.15, 0.2) is 54.6 Å². The molecule has 4 aromatic rings. The molecule has 0 fully saturated rings. The van der Waals surface area contributed by atoms with E-state index in [1.54, 1.807) is 11.3 Å². The monoisotopic (exact) mass is 414 g/mol. The summed E-state index contributed by atoms with van der Waals surface area (Å²) in [5, 5.41) is 6.66. The number of anilines is 1. The molecule has 4 heteroatoms. The minimum atomic E-state index is 0.00788. The highest BCUT2D eigenvalue weighted by Gasteiger charge is 2.15. The average Bonchev–Trinajstić information content (AvgIpc) is 3.03. The maximum absolute atomic E-state index is 12.7. The SMILES string of the molecule is Cc1cc(C)c(NC(=O)Cc2sc(Cc3cccc4ccccc34)nc2C)c(C)c1. The van der Waals surface area contributed by atoms with E-state index < -0.39 is 0 Å². The highest BCUT2D eigenvalue weighted by atomic mass is 32.1. The first-order chi connectivity index (χ1) is 14.4. The number of hydrogen-bond donors (Lipinski definition) is 1. The van der Waals surface area contributed by atoms with Gasteiger partial charge in [0.1, 0.15) is 0 Å². The number of amides is 1. The fraction of sp³-hybridized carbons (Fsp3) is 0.231. The van der Waals surface area contributed by atoms with Crippen LogP contribution in [0.1, 0.15) is 37.8 Å². The van der Waals surface area contributed by atoms with Gasteiger partial charge in [0.25, 0.3) is 0 Å². The summed E-state index contributed by atoms with van der Waals surface area (Å²) in [5.41, 5.74) is 6.53. The number of carbonyl (C=O) groups excluding carboxylic acids is 1. The van der Waals surface area contributed by atoms with Gasteiger partial charge in [0.05, 0.1) is 17.1 Å². The van der Waals surface area contributed by atoms with E-state index in [1.165, 1.54) is 21.9 Å². The zero-order chi connectivity index (χ0) is 21.3. The van der Waals surface area contributed by atoms with Crippen LogP contribution in [0.25, 0.3) is 10.8 Å². The van der Waals surface area contributed by atoms with Crippen LogP contribution in [0.3, 0.4) is 0 Å². The molecule has 0 atom stereocenters. The Kier molecular flexibility index (Phi) is 5.69. The van der Waals surface area contributed by atoms with Gasteiger partial charge in [-0.15, -0.1) is 11.3 Å². The summed E-state index contributed by atoms with van der Waals surface area (Å²) in [6, 6.07) is 19.0. The predicted molar refractivity (Wildman–Crippen MR) is 127 cm³/mol. The van der Waals surface area contributed by atoms with Gasteiger partial charge in [-0.25, -0.2) is 4.98 Å². The highest BCUT2D eigenvalue weighted by molar-refractivity contribution is 7.11. The molecule has 0 saturated carbocycles. The van der Waals surface area contributed by atoms with Crippen LogP contribution < -0.4 is 5.32 Å². The molecule has 0 aliphatic carbocycles. The van der Waals surface area contributed by atoms with Crippen LogP contribution >= 0.6 is 11.3 Å². The molecule has 0 aliphatic heterocycles. The van der Waals surface area contributed by atoms with E-state index in [0.717, 1.165) is 38.8 Å². The molecule has 1 heterocycles. The van der Waals surface area contributed by atoms with Gasteiger partial charge in [0.2, 0.25) is 5.91 Å². The second kappa shape index (κ2) is 8.41. The molecule has 0 bridgehead atoms. The molecule has 3 aromatic carbocycles. The van der Waals surface area contributed by atoms with Crippen molar-refractivity contribution >= 4 is 33.7 Å². The summed E-state index contributed by atoms with van der Waals surface area (Å²) < 4.78 is 0. The van der Waals surface area contributed by atoms with Crippen LogP contribution in [0, 0.1) is 27.7 Å². The number of fused-ring (bicyclic) bond motifs is 1. The zero-order valence-corrected chi connectivity index (χ0v) is 18.7. The summed E-state index contributed by atoms with van der Waals surface area (Å²) in [7, 11) is 0. The first-order valence-electron chi connectivity index (χ1n) is 10.2. The van der Waals surface area contributed by atoms with Crippen molar-refractivity contribution in [3.8, 4) is 0 Å². The van der Waals surface area contributed by atoms with E-state index in [-0.39, 0.29) is 5.91 Å². The fourth-order valence-corrected chi connectivity index (χ4v) is 5.14. The third-order valence-corrected chi connectivity index (χ3v) is 6.58. The summed E-state index contributed by atoms with van der Waals surface area (Å²) >= 11 is 1.64. The molecule has 0 saturated heterocycles. The van der Waals surface area contributed by atoms with Gasteiger partial charge in [-0.2, -0.15) is 0 Å². The van der Waals surface area contributed by atoms with Gasteiger partial charge in [0.15, 0.2) is 0 Å². The number of carbonyl (C=O) groups is 1. The van der Waals surface area contributed by atoms with E-state index in [4.69, 9.17) is 4.98 Å². The number of rotatable bonds is 5. The molecular formula is C26H26N2OS. The number of hydrogen-bond acceptors (Lipinski definition) is 3. The summed E-state index contributed by atoms with van der Waals surface area (Å²) in [5.74, 6) is 0.00788. The number of benzene rings is 3. The molecule has 1 amide bonds. The predicted octanol–water partition coefficient (Wildman–Crippen LogP) is 6.30. The van der Waals surface area contributed by atoms with Gasteiger partial charge in [-0.1, -0.05) is 60.2 Å². The summed E-state index contributed by atoms with van der Waals surface area (Å²) in [4.78, 5) is 18.5. The number of thiazole rings is 1. The first-order valence-corrected chi connectivity index (χ1v) is 11.0. The van der Waals surface area contributed by atoms with Crippen molar-refractivity contribution in [2.24, 2.45) is 0 Å². The van der Waals surface area contributed by atoms with E-state index in [9.17, 15) is 4.79 Å². The van der Waals surface area contributed by atoms with Crippen molar-refractivity contribution in [2.75, 3.05) is 5.32 Å². The van der Waals surface area contributed by atoms with Crippen molar-refractivity contribution in [3.63, 3.8) is 0 Å². The fourth-order valence-electron chi connectivity index (χ4n) is 4.04. The molecule has 4 rings (SSSR count). The number of aromatic nitrogens is 1. The van der Waals surface area contributed by atoms with Gasteiger partial charge in [-0.05, 0) is 55.2 Å². The Labute approximate surface area is 181 Å². The quantitative estimate of drug-likeness (QED) is 0.416. The normalized spacial score (nSPS) is 11.1. The molecular weight excluding hydrogens is 388 g/mol. The first kappa shape index (κ1) is 20.3. The van der Waals surface area contributed by atoms with Gasteiger partial charge < -0.3 is 5.32 Å². The third-order valence-electron chi connectivity index (χ3n) is 5.42. The minimum Gasteiger partial charge on any atom is -0.325 e. The Morgan fingerprint density at radius 3 is 2.43 bits per heavy atom. The Balaban J connectivity index is 1.51. The second-order valence-electron chi connectivity index (χ2n) is 7.93. The largest absolute Gasteiger partial charge is 0.325 e. The van der Waals surface area contributed by atoms with Gasteiger partial charge >= 0.3 is 0 Å². The summed E-state index contributed by atoms with van der Waals surface area (Å²) in [6.45, 7) is 8.14. The smallest absolute Gasteiger partial charge is 0.229 e. The molecule has 0 unspecified atom stereocenters. The molecule has 0 spiro atoms. The van der Waals surface area contributed by atoms with Crippen LogP contribution in [-0.4, -0.2) is 10.9 Å². The maximum Gasteiger partial charge on any atom is 0.229 e. The maximum atomic E-state index is 12.7. The van der Waals surface area contributed by atoms with E-state index in [1.807, 2.05) is 20.8 Å². The van der Waals surface area contributed by atoms with Crippen molar-refractivity contribution in [2.45, 2.75) is 40.5 Å². The number of nitrogens with one attached hydrogen (secondary N) is 1. The van der Waals surface area contributed by atoms with E-state index in [2.05, 4.69) is 66.8 Å². The standard InChI is InChI=1S/C26H26N2OS/c1-16-12-17(2)26(18(3)13-16)28-24(29)15-23-19(4)27-25(30-23)14-21-10-7-9-20-8-5-6-11-22(20)21/h5-13H,14-15H2,1-4H3,(H,28,29). The van der Waals surface area contributed by atoms with Crippen molar-refractivity contribution in [1.82, 2.24) is 4.98 Å². The molecule has 152 valence electrons. The molecule has 1 N–H and O–H groups in total. The van der Waals surface area contributed by atoms with Crippen LogP contribution in [0.5, 0.6) is 0 Å². The molecule has 1 aromatic heterocycles. The Morgan fingerprint density at radius 1 is 0.967 bits per heavy atom. The Hall–Kier alpha value is -2.98. The topological polar surface area (TPSA) is 42.0 Å². The number of nitrogens with zero attached hydrogens (tertiary/aromatic N) is 1. The Morgan fingerprint density at radius 2 is 1.67 bits per heavy atom. The van der Waals surface area contributed by atoms with Crippen molar-refractivity contribution < 1.29 is 4.79 Å². The Bertz CT molecular complexity index is 1210. The van der Waals surface area contributed by atoms with Gasteiger partial charge in [-0.3, -0.25) is 4.79 Å². The molecule has 3 nitrogen and oxygen atoms in total. The van der Waals surface area contributed by atoms with Crippen LogP contribution in [-0.2, 0) is 17.6 Å². The second-order valence-corrected chi connectivity index (χ2v) is 9.10. The highest BCUT2D eigenvalue weighted by Crippen LogP contribution is 2.27. The van der Waals surface area contributed by atoms with Gasteiger partial charge in [0, 0.05) is 17.0 Å². The lowest BCUT2D eigenvalue weighted by molar-refractivity contribution is -0.115. The van der Waals surface area contributed by atoms with E-state index in [0.29, 0.717) is 6.42 Å². The van der Waals surface area contributed by atoms with Crippen molar-refractivity contribution in [1.29, 1.82) is 0 Å². The lowest BCUT2D eigenvalue weighted by Gasteiger charge is -2.12. The minimum absolute atomic E-state index is 0.00788. The third kappa shape index (κ3) is 4.29.